The van der Waals surface area contributed by atoms with E-state index in [0.29, 0.717) is 16.8 Å². The highest BCUT2D eigenvalue weighted by molar-refractivity contribution is 7.99. The molecule has 1 rings (SSSR count). The lowest BCUT2D eigenvalue weighted by Gasteiger charge is -2.05. The summed E-state index contributed by atoms with van der Waals surface area (Å²) in [4.78, 5) is 4.86. The van der Waals surface area contributed by atoms with Gasteiger partial charge in [0.1, 0.15) is 11.2 Å². The zero-order chi connectivity index (χ0) is 10.6. The number of halogens is 1. The van der Waals surface area contributed by atoms with Gasteiger partial charge < -0.3 is 0 Å². The van der Waals surface area contributed by atoms with Crippen LogP contribution in [0.3, 0.4) is 0 Å². The summed E-state index contributed by atoms with van der Waals surface area (Å²) in [7, 11) is 0. The molecule has 0 saturated carbocycles. The van der Waals surface area contributed by atoms with Crippen LogP contribution in [0.15, 0.2) is 17.0 Å². The van der Waals surface area contributed by atoms with Crippen molar-refractivity contribution < 1.29 is 0 Å². The minimum absolute atomic E-state index is 0.371. The maximum absolute atomic E-state index is 8.82. The van der Waals surface area contributed by atoms with Crippen LogP contribution in [0.25, 0.3) is 0 Å². The highest BCUT2D eigenvalue weighted by Crippen LogP contribution is 2.24. The van der Waals surface area contributed by atoms with E-state index in [-0.39, 0.29) is 0 Å². The molecule has 0 atom stereocenters. The lowest BCUT2D eigenvalue weighted by Crippen LogP contribution is -1.93. The van der Waals surface area contributed by atoms with Crippen LogP contribution in [0.5, 0.6) is 0 Å². The van der Waals surface area contributed by atoms with E-state index in [9.17, 15) is 0 Å². The van der Waals surface area contributed by atoms with Crippen molar-refractivity contribution in [3.8, 4) is 6.07 Å². The molecule has 0 amide bonds. The molecule has 0 N–H and O–H groups in total. The third-order valence-electron chi connectivity index (χ3n) is 1.50. The van der Waals surface area contributed by atoms with Crippen molar-refractivity contribution in [1.29, 1.82) is 5.26 Å². The van der Waals surface area contributed by atoms with Gasteiger partial charge in [0, 0.05) is 10.6 Å². The summed E-state index contributed by atoms with van der Waals surface area (Å²) in [6, 6.07) is 5.61. The van der Waals surface area contributed by atoms with Crippen LogP contribution < -0.4 is 0 Å². The predicted molar refractivity (Wildman–Crippen MR) is 59.5 cm³/mol. The fourth-order valence-corrected chi connectivity index (χ4v) is 1.93. The number of hydrogen-bond donors (Lipinski definition) is 0. The van der Waals surface area contributed by atoms with Crippen molar-refractivity contribution in [2.45, 2.75) is 18.7 Å². The highest BCUT2D eigenvalue weighted by atomic mass is 35.5. The number of aromatic nitrogens is 1. The molecule has 0 fully saturated rings. The van der Waals surface area contributed by atoms with Gasteiger partial charge >= 0.3 is 0 Å². The van der Waals surface area contributed by atoms with Crippen LogP contribution >= 0.6 is 23.4 Å². The predicted octanol–water partition coefficient (Wildman–Crippen LogP) is 3.35. The number of thioether (sulfide) groups is 1. The zero-order valence-electron chi connectivity index (χ0n) is 8.12. The summed E-state index contributed by atoms with van der Waals surface area (Å²) < 4.78 is 0. The largest absolute Gasteiger partial charge is 0.224 e. The van der Waals surface area contributed by atoms with Crippen molar-refractivity contribution in [2.75, 3.05) is 5.75 Å². The molecule has 4 heteroatoms. The lowest BCUT2D eigenvalue weighted by atomic mass is 10.3. The first-order valence-electron chi connectivity index (χ1n) is 4.33. The van der Waals surface area contributed by atoms with E-state index in [4.69, 9.17) is 16.9 Å². The monoisotopic (exact) mass is 226 g/mol. The van der Waals surface area contributed by atoms with Gasteiger partial charge in [-0.05, 0) is 18.1 Å². The summed E-state index contributed by atoms with van der Waals surface area (Å²) in [6.45, 7) is 4.28. The summed E-state index contributed by atoms with van der Waals surface area (Å²) in [5.74, 6) is 1.58. The van der Waals surface area contributed by atoms with Crippen LogP contribution in [-0.4, -0.2) is 10.7 Å². The Bertz CT molecular complexity index is 358. The average Bonchev–Trinajstić information content (AvgIpc) is 2.15. The van der Waals surface area contributed by atoms with E-state index in [1.165, 1.54) is 0 Å². The van der Waals surface area contributed by atoms with E-state index in [0.717, 1.165) is 10.6 Å². The van der Waals surface area contributed by atoms with E-state index in [2.05, 4.69) is 18.8 Å². The molecule has 0 aromatic carbocycles. The second-order valence-electron chi connectivity index (χ2n) is 3.30. The van der Waals surface area contributed by atoms with E-state index < -0.39 is 0 Å². The fourth-order valence-electron chi connectivity index (χ4n) is 0.876. The Balaban J connectivity index is 2.82. The summed E-state index contributed by atoms with van der Waals surface area (Å²) >= 11 is 7.33. The Morgan fingerprint density at radius 1 is 1.57 bits per heavy atom. The van der Waals surface area contributed by atoms with Gasteiger partial charge in [-0.3, -0.25) is 0 Å². The van der Waals surface area contributed by atoms with Crippen LogP contribution in [0, 0.1) is 17.2 Å². The maximum atomic E-state index is 8.82. The van der Waals surface area contributed by atoms with Crippen molar-refractivity contribution in [1.82, 2.24) is 4.98 Å². The van der Waals surface area contributed by atoms with Gasteiger partial charge in [0.05, 0.1) is 0 Å². The molecule has 0 aliphatic heterocycles. The molecule has 0 saturated heterocycles. The Morgan fingerprint density at radius 2 is 2.29 bits per heavy atom. The van der Waals surface area contributed by atoms with Crippen molar-refractivity contribution >= 4 is 23.4 Å². The SMILES string of the molecule is CC(C)CSc1ccc(Cl)nc1C#N. The normalized spacial score (nSPS) is 10.2. The Kier molecular flexibility index (Phi) is 4.24. The summed E-state index contributed by atoms with van der Waals surface area (Å²) in [6.07, 6.45) is 0. The minimum Gasteiger partial charge on any atom is -0.224 e. The molecule has 14 heavy (non-hydrogen) atoms. The van der Waals surface area contributed by atoms with Gasteiger partial charge in [0.15, 0.2) is 5.69 Å². The quantitative estimate of drug-likeness (QED) is 0.586. The molecule has 1 aromatic heterocycles. The zero-order valence-corrected chi connectivity index (χ0v) is 9.69. The Morgan fingerprint density at radius 3 is 2.86 bits per heavy atom. The molecular formula is C10H11ClN2S. The van der Waals surface area contributed by atoms with Crippen LogP contribution in [0.4, 0.5) is 0 Å². The number of hydrogen-bond acceptors (Lipinski definition) is 3. The van der Waals surface area contributed by atoms with Gasteiger partial charge in [0.25, 0.3) is 0 Å². The smallest absolute Gasteiger partial charge is 0.155 e. The van der Waals surface area contributed by atoms with Crippen LogP contribution in [-0.2, 0) is 0 Å². The standard InChI is InChI=1S/C10H11ClN2S/c1-7(2)6-14-9-3-4-10(11)13-8(9)5-12/h3-4,7H,6H2,1-2H3. The van der Waals surface area contributed by atoms with E-state index in [1.807, 2.05) is 12.1 Å². The van der Waals surface area contributed by atoms with Crippen LogP contribution in [0.1, 0.15) is 19.5 Å². The second-order valence-corrected chi connectivity index (χ2v) is 4.75. The lowest BCUT2D eigenvalue weighted by molar-refractivity contribution is 0.750. The third-order valence-corrected chi connectivity index (χ3v) is 3.19. The molecule has 0 aliphatic carbocycles. The third kappa shape index (κ3) is 3.21. The number of nitriles is 1. The molecule has 0 radical (unpaired) electrons. The molecule has 1 heterocycles. The molecule has 0 unspecified atom stereocenters. The molecule has 1 aromatic rings. The van der Waals surface area contributed by atoms with Gasteiger partial charge in [-0.15, -0.1) is 11.8 Å². The molecule has 0 bridgehead atoms. The van der Waals surface area contributed by atoms with Crippen LogP contribution in [0.2, 0.25) is 5.15 Å². The molecule has 0 aliphatic rings. The van der Waals surface area contributed by atoms with Crippen molar-refractivity contribution in [2.24, 2.45) is 5.92 Å². The van der Waals surface area contributed by atoms with Crippen molar-refractivity contribution in [3.63, 3.8) is 0 Å². The number of pyridine rings is 1. The first-order chi connectivity index (χ1) is 6.63. The van der Waals surface area contributed by atoms with Gasteiger partial charge in [-0.25, -0.2) is 4.98 Å². The fraction of sp³-hybridized carbons (Fsp3) is 0.400. The van der Waals surface area contributed by atoms with Crippen molar-refractivity contribution in [3.05, 3.63) is 23.0 Å². The first kappa shape index (κ1) is 11.4. The molecule has 0 spiro atoms. The van der Waals surface area contributed by atoms with E-state index in [1.54, 1.807) is 17.8 Å². The average molecular weight is 227 g/mol. The topological polar surface area (TPSA) is 36.7 Å². The first-order valence-corrected chi connectivity index (χ1v) is 5.69. The van der Waals surface area contributed by atoms with E-state index >= 15 is 0 Å². The minimum atomic E-state index is 0.371. The van der Waals surface area contributed by atoms with Gasteiger partial charge in [-0.1, -0.05) is 25.4 Å². The molecule has 2 nitrogen and oxygen atoms in total. The molecular weight excluding hydrogens is 216 g/mol. The number of nitrogens with zero attached hydrogens (tertiary/aromatic N) is 2. The summed E-state index contributed by atoms with van der Waals surface area (Å²) in [5.41, 5.74) is 0.420. The Labute approximate surface area is 93.3 Å². The highest BCUT2D eigenvalue weighted by Gasteiger charge is 2.05. The maximum Gasteiger partial charge on any atom is 0.155 e. The Hall–Kier alpha value is -0.720. The van der Waals surface area contributed by atoms with Gasteiger partial charge in [0.2, 0.25) is 0 Å². The molecule has 74 valence electrons. The summed E-state index contributed by atoms with van der Waals surface area (Å²) in [5, 5.41) is 9.19. The number of rotatable bonds is 3. The second kappa shape index (κ2) is 5.23. The van der Waals surface area contributed by atoms with Gasteiger partial charge in [-0.2, -0.15) is 5.26 Å².